The molecule has 106 valence electrons. The Morgan fingerprint density at radius 3 is 2.53 bits per heavy atom. The molecule has 1 atom stereocenters. The van der Waals surface area contributed by atoms with Crippen LogP contribution in [0.2, 0.25) is 0 Å². The molecule has 0 saturated carbocycles. The lowest BCUT2D eigenvalue weighted by Gasteiger charge is -2.13. The summed E-state index contributed by atoms with van der Waals surface area (Å²) in [6.07, 6.45) is 0.571. The Labute approximate surface area is 110 Å². The van der Waals surface area contributed by atoms with E-state index in [0.29, 0.717) is 6.42 Å². The average Bonchev–Trinajstić information content (AvgIpc) is 2.27. The van der Waals surface area contributed by atoms with Crippen LogP contribution in [0.4, 0.5) is 10.1 Å². The zero-order valence-electron chi connectivity index (χ0n) is 10.8. The SMILES string of the molecule is CCC(C)NS(=O)(=O)c1cc([N+](=O)[O-])c(F)cc1C. The third-order valence-corrected chi connectivity index (χ3v) is 4.43. The summed E-state index contributed by atoms with van der Waals surface area (Å²) in [5.74, 6) is -1.05. The van der Waals surface area contributed by atoms with Gasteiger partial charge in [0.2, 0.25) is 15.8 Å². The maximum Gasteiger partial charge on any atom is 0.306 e. The Morgan fingerprint density at radius 1 is 1.47 bits per heavy atom. The molecule has 0 spiro atoms. The second-order valence-electron chi connectivity index (χ2n) is 4.26. The molecule has 0 fully saturated rings. The van der Waals surface area contributed by atoms with Crippen LogP contribution < -0.4 is 4.72 Å². The minimum Gasteiger partial charge on any atom is -0.258 e. The fourth-order valence-corrected chi connectivity index (χ4v) is 3.06. The van der Waals surface area contributed by atoms with Gasteiger partial charge in [0.15, 0.2) is 0 Å². The minimum absolute atomic E-state index is 0.124. The zero-order chi connectivity index (χ0) is 14.8. The molecule has 19 heavy (non-hydrogen) atoms. The lowest BCUT2D eigenvalue weighted by Crippen LogP contribution is -2.32. The van der Waals surface area contributed by atoms with Gasteiger partial charge in [-0.05, 0) is 31.9 Å². The number of nitro benzene ring substituents is 1. The number of nitro groups is 1. The van der Waals surface area contributed by atoms with Crippen LogP contribution in [0.25, 0.3) is 0 Å². The van der Waals surface area contributed by atoms with Crippen LogP contribution in [0.3, 0.4) is 0 Å². The highest BCUT2D eigenvalue weighted by atomic mass is 32.2. The van der Waals surface area contributed by atoms with Crippen LogP contribution in [-0.2, 0) is 10.0 Å². The molecule has 0 aliphatic carbocycles. The number of halogens is 1. The summed E-state index contributed by atoms with van der Waals surface area (Å²) in [4.78, 5) is 9.42. The molecule has 1 aromatic carbocycles. The smallest absolute Gasteiger partial charge is 0.258 e. The Morgan fingerprint density at radius 2 is 2.05 bits per heavy atom. The maximum atomic E-state index is 13.3. The van der Waals surface area contributed by atoms with Gasteiger partial charge in [-0.2, -0.15) is 4.39 Å². The molecular weight excluding hydrogens is 275 g/mol. The van der Waals surface area contributed by atoms with Crippen molar-refractivity contribution in [3.8, 4) is 0 Å². The van der Waals surface area contributed by atoms with Crippen molar-refractivity contribution in [3.63, 3.8) is 0 Å². The van der Waals surface area contributed by atoms with Gasteiger partial charge in [-0.15, -0.1) is 0 Å². The summed E-state index contributed by atoms with van der Waals surface area (Å²) in [5.41, 5.74) is -0.728. The van der Waals surface area contributed by atoms with Crippen LogP contribution in [0, 0.1) is 22.9 Å². The third kappa shape index (κ3) is 3.48. The zero-order valence-corrected chi connectivity index (χ0v) is 11.6. The van der Waals surface area contributed by atoms with Gasteiger partial charge in [-0.25, -0.2) is 13.1 Å². The highest BCUT2D eigenvalue weighted by Crippen LogP contribution is 2.25. The van der Waals surface area contributed by atoms with Crippen molar-refractivity contribution in [1.29, 1.82) is 0 Å². The molecule has 0 aliphatic heterocycles. The van der Waals surface area contributed by atoms with Gasteiger partial charge in [0, 0.05) is 12.1 Å². The Hall–Kier alpha value is -1.54. The molecule has 0 saturated heterocycles. The molecular formula is C11H15FN2O4S. The van der Waals surface area contributed by atoms with E-state index in [9.17, 15) is 22.9 Å². The van der Waals surface area contributed by atoms with Gasteiger partial charge >= 0.3 is 5.69 Å². The van der Waals surface area contributed by atoms with Crippen LogP contribution in [0.1, 0.15) is 25.8 Å². The van der Waals surface area contributed by atoms with Gasteiger partial charge in [0.1, 0.15) is 0 Å². The average molecular weight is 290 g/mol. The second-order valence-corrected chi connectivity index (χ2v) is 5.94. The largest absolute Gasteiger partial charge is 0.306 e. The Balaban J connectivity index is 3.34. The standard InChI is InChI=1S/C11H15FN2O4S/c1-4-8(3)13-19(17,18)11-6-10(14(15)16)9(12)5-7(11)2/h5-6,8,13H,4H2,1-3H3. The molecule has 1 N–H and O–H groups in total. The van der Waals surface area contributed by atoms with E-state index in [-0.39, 0.29) is 16.5 Å². The number of aryl methyl sites for hydroxylation is 1. The third-order valence-electron chi connectivity index (χ3n) is 2.70. The molecule has 1 rings (SSSR count). The van der Waals surface area contributed by atoms with Crippen molar-refractivity contribution in [2.24, 2.45) is 0 Å². The number of nitrogens with zero attached hydrogens (tertiary/aromatic N) is 1. The normalized spacial score (nSPS) is 13.3. The van der Waals surface area contributed by atoms with Crippen LogP contribution in [0.15, 0.2) is 17.0 Å². The van der Waals surface area contributed by atoms with E-state index < -0.39 is 26.5 Å². The first-order valence-electron chi connectivity index (χ1n) is 5.66. The Bertz CT molecular complexity index is 601. The molecule has 6 nitrogen and oxygen atoms in total. The first kappa shape index (κ1) is 15.5. The Kier molecular flexibility index (Phi) is 4.59. The van der Waals surface area contributed by atoms with Gasteiger partial charge in [0.25, 0.3) is 0 Å². The summed E-state index contributed by atoms with van der Waals surface area (Å²) in [6.45, 7) is 4.86. The van der Waals surface area contributed by atoms with Crippen molar-refractivity contribution < 1.29 is 17.7 Å². The van der Waals surface area contributed by atoms with E-state index in [4.69, 9.17) is 0 Å². The highest BCUT2D eigenvalue weighted by molar-refractivity contribution is 7.89. The van der Waals surface area contributed by atoms with Crippen molar-refractivity contribution in [2.75, 3.05) is 0 Å². The first-order chi connectivity index (χ1) is 8.69. The van der Waals surface area contributed by atoms with E-state index in [1.165, 1.54) is 6.92 Å². The fourth-order valence-electron chi connectivity index (χ4n) is 1.48. The summed E-state index contributed by atoms with van der Waals surface area (Å²) in [6, 6.07) is 1.28. The molecule has 0 radical (unpaired) electrons. The van der Waals surface area contributed by atoms with Gasteiger partial charge in [0.05, 0.1) is 9.82 Å². The van der Waals surface area contributed by atoms with Crippen LogP contribution >= 0.6 is 0 Å². The van der Waals surface area contributed by atoms with E-state index in [1.54, 1.807) is 13.8 Å². The number of hydrogen-bond donors (Lipinski definition) is 1. The lowest BCUT2D eigenvalue weighted by molar-refractivity contribution is -0.387. The van der Waals surface area contributed by atoms with Crippen LogP contribution in [0.5, 0.6) is 0 Å². The van der Waals surface area contributed by atoms with E-state index in [2.05, 4.69) is 4.72 Å². The first-order valence-corrected chi connectivity index (χ1v) is 7.14. The van der Waals surface area contributed by atoms with Gasteiger partial charge in [-0.1, -0.05) is 6.92 Å². The molecule has 8 heteroatoms. The predicted molar refractivity (Wildman–Crippen MR) is 67.9 cm³/mol. The molecule has 0 aromatic heterocycles. The predicted octanol–water partition coefficient (Wildman–Crippen LogP) is 2.12. The lowest BCUT2D eigenvalue weighted by atomic mass is 10.2. The summed E-state index contributed by atoms with van der Waals surface area (Å²) < 4.78 is 39.8. The van der Waals surface area contributed by atoms with E-state index in [1.807, 2.05) is 0 Å². The maximum absolute atomic E-state index is 13.3. The van der Waals surface area contributed by atoms with Crippen molar-refractivity contribution >= 4 is 15.7 Å². The van der Waals surface area contributed by atoms with E-state index >= 15 is 0 Å². The van der Waals surface area contributed by atoms with Crippen molar-refractivity contribution in [1.82, 2.24) is 4.72 Å². The number of hydrogen-bond acceptors (Lipinski definition) is 4. The van der Waals surface area contributed by atoms with Crippen molar-refractivity contribution in [3.05, 3.63) is 33.6 Å². The molecule has 1 unspecified atom stereocenters. The summed E-state index contributed by atoms with van der Waals surface area (Å²) in [5, 5.41) is 10.6. The highest BCUT2D eigenvalue weighted by Gasteiger charge is 2.25. The fraction of sp³-hybridized carbons (Fsp3) is 0.455. The molecule has 0 aliphatic rings. The van der Waals surface area contributed by atoms with Gasteiger partial charge in [-0.3, -0.25) is 10.1 Å². The monoisotopic (exact) mass is 290 g/mol. The number of sulfonamides is 1. The number of nitrogens with one attached hydrogen (secondary N) is 1. The molecule has 0 amide bonds. The van der Waals surface area contributed by atoms with E-state index in [0.717, 1.165) is 12.1 Å². The number of rotatable bonds is 5. The van der Waals surface area contributed by atoms with Gasteiger partial charge < -0.3 is 0 Å². The summed E-state index contributed by atoms with van der Waals surface area (Å²) >= 11 is 0. The van der Waals surface area contributed by atoms with Crippen LogP contribution in [-0.4, -0.2) is 19.4 Å². The molecule has 0 heterocycles. The summed E-state index contributed by atoms with van der Waals surface area (Å²) in [7, 11) is -3.90. The quantitative estimate of drug-likeness (QED) is 0.664. The topological polar surface area (TPSA) is 89.3 Å². The number of benzene rings is 1. The second kappa shape index (κ2) is 5.62. The molecule has 0 bridgehead atoms. The minimum atomic E-state index is -3.90. The molecule has 1 aromatic rings. The van der Waals surface area contributed by atoms with Crippen molar-refractivity contribution in [2.45, 2.75) is 38.1 Å².